The smallest absolute Gasteiger partial charge is 0.260 e. The number of hydrogen-bond acceptors (Lipinski definition) is 3. The number of carbonyl (C=O) groups excluding carboxylic acids is 1. The number of amides is 1. The van der Waals surface area contributed by atoms with E-state index in [1.807, 2.05) is 10.7 Å². The van der Waals surface area contributed by atoms with E-state index in [1.165, 1.54) is 12.1 Å². The zero-order chi connectivity index (χ0) is 13.9. The summed E-state index contributed by atoms with van der Waals surface area (Å²) in [6, 6.07) is 7.95. The van der Waals surface area contributed by atoms with Gasteiger partial charge in [0.25, 0.3) is 5.91 Å². The van der Waals surface area contributed by atoms with Crippen LogP contribution in [0.15, 0.2) is 36.5 Å². The Hall–Kier alpha value is -2.37. The molecule has 1 aromatic heterocycles. The van der Waals surface area contributed by atoms with Crippen molar-refractivity contribution >= 4 is 5.91 Å². The van der Waals surface area contributed by atoms with Crippen molar-refractivity contribution in [2.75, 3.05) is 13.2 Å². The maximum atomic E-state index is 13.4. The lowest BCUT2D eigenvalue weighted by atomic mass is 10.3. The van der Waals surface area contributed by atoms with E-state index in [-0.39, 0.29) is 18.3 Å². The van der Waals surface area contributed by atoms with Gasteiger partial charge in [-0.3, -0.25) is 9.48 Å². The number of fused-ring (bicyclic) bond motifs is 1. The van der Waals surface area contributed by atoms with Gasteiger partial charge in [-0.05, 0) is 18.2 Å². The quantitative estimate of drug-likeness (QED) is 0.851. The van der Waals surface area contributed by atoms with E-state index in [1.54, 1.807) is 23.2 Å². The second kappa shape index (κ2) is 5.32. The van der Waals surface area contributed by atoms with Crippen LogP contribution in [-0.4, -0.2) is 33.7 Å². The number of rotatable bonds is 3. The molecule has 0 spiro atoms. The van der Waals surface area contributed by atoms with E-state index in [4.69, 9.17) is 4.74 Å². The van der Waals surface area contributed by atoms with Gasteiger partial charge in [-0.1, -0.05) is 12.1 Å². The molecule has 0 radical (unpaired) electrons. The van der Waals surface area contributed by atoms with Gasteiger partial charge in [0.15, 0.2) is 18.2 Å². The van der Waals surface area contributed by atoms with Crippen molar-refractivity contribution < 1.29 is 13.9 Å². The first-order valence-electron chi connectivity index (χ1n) is 6.40. The summed E-state index contributed by atoms with van der Waals surface area (Å²) in [5.74, 6) is -0.513. The van der Waals surface area contributed by atoms with Gasteiger partial charge in [0.2, 0.25) is 0 Å². The third kappa shape index (κ3) is 2.49. The lowest BCUT2D eigenvalue weighted by Crippen LogP contribution is -2.40. The molecule has 1 amide bonds. The molecule has 5 nitrogen and oxygen atoms in total. The molecule has 2 aromatic rings. The van der Waals surface area contributed by atoms with Crippen molar-refractivity contribution in [3.63, 3.8) is 0 Å². The SMILES string of the molecule is O=C(COc1ccccc1F)N1CCn2nccc2C1. The lowest BCUT2D eigenvalue weighted by molar-refractivity contribution is -0.134. The van der Waals surface area contributed by atoms with Crippen LogP contribution in [0, 0.1) is 5.82 Å². The highest BCUT2D eigenvalue weighted by molar-refractivity contribution is 5.77. The average Bonchev–Trinajstić information content (AvgIpc) is 2.93. The third-order valence-electron chi connectivity index (χ3n) is 3.28. The van der Waals surface area contributed by atoms with Crippen LogP contribution >= 0.6 is 0 Å². The molecule has 0 aliphatic carbocycles. The van der Waals surface area contributed by atoms with Gasteiger partial charge < -0.3 is 9.64 Å². The molecule has 0 atom stereocenters. The summed E-state index contributed by atoms with van der Waals surface area (Å²) in [6.07, 6.45) is 1.72. The van der Waals surface area contributed by atoms with Crippen molar-refractivity contribution in [2.24, 2.45) is 0 Å². The fourth-order valence-corrected chi connectivity index (χ4v) is 2.19. The molecular formula is C14H14FN3O2. The summed E-state index contributed by atoms with van der Waals surface area (Å²) in [7, 11) is 0. The Morgan fingerprint density at radius 1 is 1.30 bits per heavy atom. The minimum Gasteiger partial charge on any atom is -0.481 e. The van der Waals surface area contributed by atoms with Gasteiger partial charge in [-0.25, -0.2) is 4.39 Å². The average molecular weight is 275 g/mol. The maximum Gasteiger partial charge on any atom is 0.260 e. The summed E-state index contributed by atoms with van der Waals surface area (Å²) in [6.45, 7) is 1.62. The van der Waals surface area contributed by atoms with Crippen molar-refractivity contribution in [3.05, 3.63) is 48.0 Å². The predicted octanol–water partition coefficient (Wildman–Crippen LogP) is 1.44. The molecule has 1 aromatic carbocycles. The molecule has 2 heterocycles. The second-order valence-corrected chi connectivity index (χ2v) is 4.58. The first kappa shape index (κ1) is 12.7. The minimum atomic E-state index is -0.461. The Morgan fingerprint density at radius 2 is 2.15 bits per heavy atom. The van der Waals surface area contributed by atoms with Gasteiger partial charge in [0.05, 0.1) is 18.8 Å². The number of carbonyl (C=O) groups is 1. The van der Waals surface area contributed by atoms with Gasteiger partial charge in [0.1, 0.15) is 0 Å². The Balaban J connectivity index is 1.59. The molecule has 0 N–H and O–H groups in total. The Labute approximate surface area is 115 Å². The standard InChI is InChI=1S/C14H14FN3O2/c15-12-3-1-2-4-13(12)20-10-14(19)17-7-8-18-11(9-17)5-6-16-18/h1-6H,7-10H2. The largest absolute Gasteiger partial charge is 0.481 e. The number of para-hydroxylation sites is 1. The molecule has 0 unspecified atom stereocenters. The molecule has 20 heavy (non-hydrogen) atoms. The number of aromatic nitrogens is 2. The summed E-state index contributed by atoms with van der Waals surface area (Å²) < 4.78 is 20.5. The number of halogens is 1. The zero-order valence-electron chi connectivity index (χ0n) is 10.8. The summed E-state index contributed by atoms with van der Waals surface area (Å²) >= 11 is 0. The fraction of sp³-hybridized carbons (Fsp3) is 0.286. The molecule has 0 bridgehead atoms. The zero-order valence-corrected chi connectivity index (χ0v) is 10.8. The van der Waals surface area contributed by atoms with E-state index in [9.17, 15) is 9.18 Å². The highest BCUT2D eigenvalue weighted by atomic mass is 19.1. The number of benzene rings is 1. The van der Waals surface area contributed by atoms with Crippen LogP contribution in [0.3, 0.4) is 0 Å². The fourth-order valence-electron chi connectivity index (χ4n) is 2.19. The van der Waals surface area contributed by atoms with Crippen LogP contribution in [0.4, 0.5) is 4.39 Å². The summed E-state index contributed by atoms with van der Waals surface area (Å²) in [5.41, 5.74) is 0.996. The topological polar surface area (TPSA) is 47.4 Å². The number of ether oxygens (including phenoxy) is 1. The molecule has 6 heteroatoms. The van der Waals surface area contributed by atoms with Crippen LogP contribution in [0.2, 0.25) is 0 Å². The second-order valence-electron chi connectivity index (χ2n) is 4.58. The van der Waals surface area contributed by atoms with Gasteiger partial charge in [0, 0.05) is 12.7 Å². The van der Waals surface area contributed by atoms with Gasteiger partial charge >= 0.3 is 0 Å². The van der Waals surface area contributed by atoms with Crippen molar-refractivity contribution in [3.8, 4) is 5.75 Å². The van der Waals surface area contributed by atoms with E-state index >= 15 is 0 Å². The summed E-state index contributed by atoms with van der Waals surface area (Å²) in [5, 5.41) is 4.15. The van der Waals surface area contributed by atoms with Crippen LogP contribution in [0.5, 0.6) is 5.75 Å². The molecular weight excluding hydrogens is 261 g/mol. The highest BCUT2D eigenvalue weighted by Gasteiger charge is 2.21. The first-order valence-corrected chi connectivity index (χ1v) is 6.40. The Morgan fingerprint density at radius 3 is 3.00 bits per heavy atom. The molecule has 0 saturated heterocycles. The first-order chi connectivity index (χ1) is 9.74. The van der Waals surface area contributed by atoms with Crippen LogP contribution in [0.1, 0.15) is 5.69 Å². The monoisotopic (exact) mass is 275 g/mol. The molecule has 0 saturated carbocycles. The van der Waals surface area contributed by atoms with Crippen molar-refractivity contribution in [1.29, 1.82) is 0 Å². The maximum absolute atomic E-state index is 13.4. The molecule has 1 aliphatic heterocycles. The Kier molecular flexibility index (Phi) is 3.37. The van der Waals surface area contributed by atoms with Crippen LogP contribution < -0.4 is 4.74 Å². The molecule has 0 fully saturated rings. The normalized spacial score (nSPS) is 13.9. The predicted molar refractivity (Wildman–Crippen MR) is 69.5 cm³/mol. The van der Waals surface area contributed by atoms with Crippen molar-refractivity contribution in [2.45, 2.75) is 13.1 Å². The number of hydrogen-bond donors (Lipinski definition) is 0. The molecule has 3 rings (SSSR count). The van der Waals surface area contributed by atoms with Gasteiger partial charge in [-0.2, -0.15) is 5.10 Å². The molecule has 1 aliphatic rings. The van der Waals surface area contributed by atoms with E-state index < -0.39 is 5.82 Å². The van der Waals surface area contributed by atoms with Crippen LogP contribution in [0.25, 0.3) is 0 Å². The lowest BCUT2D eigenvalue weighted by Gasteiger charge is -2.27. The molecule has 104 valence electrons. The minimum absolute atomic E-state index is 0.0999. The van der Waals surface area contributed by atoms with Crippen molar-refractivity contribution in [1.82, 2.24) is 14.7 Å². The Bertz CT molecular complexity index is 626. The number of nitrogens with zero attached hydrogens (tertiary/aromatic N) is 3. The summed E-state index contributed by atoms with van der Waals surface area (Å²) in [4.78, 5) is 13.8. The van der Waals surface area contributed by atoms with Gasteiger partial charge in [-0.15, -0.1) is 0 Å². The van der Waals surface area contributed by atoms with E-state index in [0.29, 0.717) is 19.6 Å². The highest BCUT2D eigenvalue weighted by Crippen LogP contribution is 2.16. The van der Waals surface area contributed by atoms with Crippen LogP contribution in [-0.2, 0) is 17.9 Å². The van der Waals surface area contributed by atoms with E-state index in [2.05, 4.69) is 5.10 Å². The third-order valence-corrected chi connectivity index (χ3v) is 3.28. The van der Waals surface area contributed by atoms with E-state index in [0.717, 1.165) is 5.69 Å².